The summed E-state index contributed by atoms with van der Waals surface area (Å²) >= 11 is 2.65. The number of fused-ring (bicyclic) bond motifs is 1. The number of hydrogen-bond donors (Lipinski definition) is 3. The number of carbonyl (C=O) groups excluding carboxylic acids is 1. The highest BCUT2D eigenvalue weighted by molar-refractivity contribution is 7.99. The predicted octanol–water partition coefficient (Wildman–Crippen LogP) is 3.38. The average Bonchev–Trinajstić information content (AvgIpc) is 3.39. The predicted molar refractivity (Wildman–Crippen MR) is 134 cm³/mol. The van der Waals surface area contributed by atoms with E-state index in [1.807, 2.05) is 31.2 Å². The number of aromatic nitrogens is 3. The molecule has 12 heteroatoms. The Bertz CT molecular complexity index is 1270. The quantitative estimate of drug-likeness (QED) is 0.186. The summed E-state index contributed by atoms with van der Waals surface area (Å²) in [6.07, 6.45) is 4.05. The number of ether oxygens (including phenoxy) is 1. The maximum atomic E-state index is 12.5. The van der Waals surface area contributed by atoms with Gasteiger partial charge in [0, 0.05) is 10.4 Å². The van der Waals surface area contributed by atoms with Gasteiger partial charge in [0.25, 0.3) is 5.95 Å². The Hall–Kier alpha value is -3.56. The number of carbonyl (C=O) groups is 1. The minimum absolute atomic E-state index is 0.0782. The number of thioether (sulfide) groups is 1. The van der Waals surface area contributed by atoms with Gasteiger partial charge in [-0.15, -0.1) is 21.5 Å². The fourth-order valence-electron chi connectivity index (χ4n) is 3.56. The molecule has 0 atom stereocenters. The van der Waals surface area contributed by atoms with Crippen LogP contribution in [0.5, 0.6) is 5.75 Å². The Morgan fingerprint density at radius 1 is 1.38 bits per heavy atom. The van der Waals surface area contributed by atoms with Gasteiger partial charge in [0.2, 0.25) is 11.1 Å². The maximum Gasteiger partial charge on any atom is 0.264 e. The molecule has 10 nitrogen and oxygen atoms in total. The molecular formula is C22H24N8O2S2. The van der Waals surface area contributed by atoms with Crippen LogP contribution < -0.4 is 21.3 Å². The molecule has 0 saturated carbocycles. The Morgan fingerprint density at radius 2 is 2.21 bits per heavy atom. The third-order valence-corrected chi connectivity index (χ3v) is 7.49. The van der Waals surface area contributed by atoms with Gasteiger partial charge in [-0.05, 0) is 50.3 Å². The lowest BCUT2D eigenvalue weighted by Crippen LogP contribution is -2.17. The van der Waals surface area contributed by atoms with Gasteiger partial charge in [-0.1, -0.05) is 23.9 Å². The van der Waals surface area contributed by atoms with E-state index in [0.717, 1.165) is 54.3 Å². The first kappa shape index (κ1) is 23.6. The zero-order valence-electron chi connectivity index (χ0n) is 18.8. The highest BCUT2D eigenvalue weighted by atomic mass is 32.2. The molecular weight excluding hydrogens is 472 g/mol. The van der Waals surface area contributed by atoms with Gasteiger partial charge in [0.15, 0.2) is 0 Å². The summed E-state index contributed by atoms with van der Waals surface area (Å²) < 4.78 is 6.48. The summed E-state index contributed by atoms with van der Waals surface area (Å²) in [6.45, 7) is 1.84. The number of nitrogens with zero attached hydrogens (tertiary/aromatic N) is 5. The van der Waals surface area contributed by atoms with Crippen molar-refractivity contribution in [1.29, 1.82) is 5.26 Å². The Balaban J connectivity index is 1.36. The number of nitrogen functional groups attached to an aromatic ring is 1. The third kappa shape index (κ3) is 5.16. The second-order valence-corrected chi connectivity index (χ2v) is 9.63. The molecule has 0 saturated heterocycles. The van der Waals surface area contributed by atoms with Crippen molar-refractivity contribution in [1.82, 2.24) is 14.9 Å². The SMILES string of the molecule is COc1cccc(/C(C)=N/Nc2nnc(SCC(=O)Nc3sc4c(c3C#N)CCCC4)n2N)c1. The second kappa shape index (κ2) is 10.6. The van der Waals surface area contributed by atoms with Crippen molar-refractivity contribution in [3.05, 3.63) is 45.8 Å². The molecule has 1 aliphatic carbocycles. The molecule has 2 aromatic heterocycles. The number of hydrazone groups is 1. The highest BCUT2D eigenvalue weighted by Crippen LogP contribution is 2.37. The summed E-state index contributed by atoms with van der Waals surface area (Å²) in [5, 5.41) is 25.7. The molecule has 176 valence electrons. The van der Waals surface area contributed by atoms with Crippen LogP contribution in [-0.4, -0.2) is 39.4 Å². The summed E-state index contributed by atoms with van der Waals surface area (Å²) in [6, 6.07) is 9.77. The van der Waals surface area contributed by atoms with E-state index in [2.05, 4.69) is 32.1 Å². The van der Waals surface area contributed by atoms with Crippen LogP contribution in [0.2, 0.25) is 0 Å². The molecule has 4 rings (SSSR count). The second-order valence-electron chi connectivity index (χ2n) is 7.58. The van der Waals surface area contributed by atoms with E-state index in [0.29, 0.717) is 21.4 Å². The molecule has 2 heterocycles. The summed E-state index contributed by atoms with van der Waals surface area (Å²) in [7, 11) is 1.61. The Kier molecular flexibility index (Phi) is 7.34. The normalized spacial score (nSPS) is 13.1. The van der Waals surface area contributed by atoms with Gasteiger partial charge in [-0.3, -0.25) is 4.79 Å². The number of amides is 1. The first-order valence-corrected chi connectivity index (χ1v) is 12.4. The van der Waals surface area contributed by atoms with Crippen molar-refractivity contribution in [2.45, 2.75) is 37.8 Å². The van der Waals surface area contributed by atoms with E-state index < -0.39 is 0 Å². The monoisotopic (exact) mass is 496 g/mol. The lowest BCUT2D eigenvalue weighted by molar-refractivity contribution is -0.113. The average molecular weight is 497 g/mol. The number of hydrogen-bond acceptors (Lipinski definition) is 10. The summed E-state index contributed by atoms with van der Waals surface area (Å²) in [5.41, 5.74) is 6.08. The Labute approximate surface area is 205 Å². The molecule has 0 unspecified atom stereocenters. The van der Waals surface area contributed by atoms with Crippen molar-refractivity contribution in [3.8, 4) is 11.8 Å². The molecule has 1 aliphatic rings. The largest absolute Gasteiger partial charge is 0.497 e. The first-order valence-electron chi connectivity index (χ1n) is 10.6. The van der Waals surface area contributed by atoms with Crippen molar-refractivity contribution >= 4 is 45.7 Å². The number of methoxy groups -OCH3 is 1. The van der Waals surface area contributed by atoms with Gasteiger partial charge >= 0.3 is 0 Å². The molecule has 0 spiro atoms. The van der Waals surface area contributed by atoms with Crippen LogP contribution in [0.15, 0.2) is 34.5 Å². The van der Waals surface area contributed by atoms with Crippen molar-refractivity contribution in [3.63, 3.8) is 0 Å². The van der Waals surface area contributed by atoms with Crippen LogP contribution in [-0.2, 0) is 17.6 Å². The van der Waals surface area contributed by atoms with Crippen molar-refractivity contribution < 1.29 is 9.53 Å². The minimum Gasteiger partial charge on any atom is -0.497 e. The molecule has 4 N–H and O–H groups in total. The number of nitrogens with one attached hydrogen (secondary N) is 2. The number of rotatable bonds is 8. The van der Waals surface area contributed by atoms with Gasteiger partial charge < -0.3 is 15.9 Å². The zero-order valence-corrected chi connectivity index (χ0v) is 20.4. The number of nitrogens with two attached hydrogens (primary N) is 1. The van der Waals surface area contributed by atoms with E-state index in [1.165, 1.54) is 20.9 Å². The van der Waals surface area contributed by atoms with Gasteiger partial charge in [0.1, 0.15) is 16.8 Å². The minimum atomic E-state index is -0.232. The van der Waals surface area contributed by atoms with Crippen LogP contribution in [0, 0.1) is 11.3 Å². The van der Waals surface area contributed by atoms with Crippen molar-refractivity contribution in [2.75, 3.05) is 29.4 Å². The number of anilines is 2. The standard InChI is InChI=1S/C22H24N8O2S2/c1-13(14-6-5-7-15(10-14)32-2)26-27-21-28-29-22(30(21)24)33-12-19(31)25-20-17(11-23)16-8-3-4-9-18(16)34-20/h5-7,10H,3-4,8-9,12,24H2,1-2H3,(H,25,31)(H,27,28)/b26-13+. The fourth-order valence-corrected chi connectivity index (χ4v) is 5.48. The lowest BCUT2D eigenvalue weighted by atomic mass is 9.96. The van der Waals surface area contributed by atoms with E-state index in [-0.39, 0.29) is 17.6 Å². The van der Waals surface area contributed by atoms with E-state index in [4.69, 9.17) is 10.6 Å². The highest BCUT2D eigenvalue weighted by Gasteiger charge is 2.22. The van der Waals surface area contributed by atoms with Crippen LogP contribution >= 0.6 is 23.1 Å². The molecule has 1 amide bonds. The van der Waals surface area contributed by atoms with E-state index in [9.17, 15) is 10.1 Å². The summed E-state index contributed by atoms with van der Waals surface area (Å²) in [4.78, 5) is 13.7. The molecule has 0 bridgehead atoms. The van der Waals surface area contributed by atoms with E-state index in [1.54, 1.807) is 7.11 Å². The van der Waals surface area contributed by atoms with Crippen LogP contribution in [0.3, 0.4) is 0 Å². The van der Waals surface area contributed by atoms with Crippen LogP contribution in [0.1, 0.15) is 41.3 Å². The number of nitriles is 1. The lowest BCUT2D eigenvalue weighted by Gasteiger charge is -2.09. The fraction of sp³-hybridized carbons (Fsp3) is 0.318. The smallest absolute Gasteiger partial charge is 0.264 e. The van der Waals surface area contributed by atoms with Gasteiger partial charge in [0.05, 0.1) is 24.1 Å². The maximum absolute atomic E-state index is 12.5. The van der Waals surface area contributed by atoms with E-state index >= 15 is 0 Å². The van der Waals surface area contributed by atoms with Gasteiger partial charge in [-0.25, -0.2) is 10.1 Å². The van der Waals surface area contributed by atoms with Crippen LogP contribution in [0.25, 0.3) is 0 Å². The Morgan fingerprint density at radius 3 is 3.00 bits per heavy atom. The zero-order chi connectivity index (χ0) is 24.1. The number of benzene rings is 1. The topological polar surface area (TPSA) is 143 Å². The molecule has 0 aliphatic heterocycles. The molecule has 3 aromatic rings. The summed E-state index contributed by atoms with van der Waals surface area (Å²) in [5.74, 6) is 6.89. The van der Waals surface area contributed by atoms with Crippen molar-refractivity contribution in [2.24, 2.45) is 5.10 Å². The molecule has 0 fully saturated rings. The molecule has 0 radical (unpaired) electrons. The molecule has 1 aromatic carbocycles. The first-order chi connectivity index (χ1) is 16.5. The number of thiophene rings is 1. The van der Waals surface area contributed by atoms with Gasteiger partial charge in [-0.2, -0.15) is 10.4 Å². The number of aryl methyl sites for hydroxylation is 1. The van der Waals surface area contributed by atoms with Crippen LogP contribution in [0.4, 0.5) is 10.9 Å². The third-order valence-electron chi connectivity index (χ3n) is 5.34. The molecule has 34 heavy (non-hydrogen) atoms.